The number of ether oxygens (including phenoxy) is 1. The molecular formula is C21H32O3. The first-order valence-corrected chi connectivity index (χ1v) is 8.97. The highest BCUT2D eigenvalue weighted by atomic mass is 16.5. The van der Waals surface area contributed by atoms with E-state index in [2.05, 4.69) is 33.8 Å². The predicted molar refractivity (Wildman–Crippen MR) is 98.7 cm³/mol. The van der Waals surface area contributed by atoms with E-state index in [1.807, 2.05) is 13.0 Å². The standard InChI is InChI=1S/C21H32O3/c1-6-8-18-15-19(22)11-13-21(18,5)20(23)24-14-12-17(4)10-7-9-16(2)3/h9,11-13,18H,6-8,10,14-15H2,1-5H3. The van der Waals surface area contributed by atoms with Crippen LogP contribution >= 0.6 is 0 Å². The minimum atomic E-state index is -0.687. The molecule has 0 heterocycles. The van der Waals surface area contributed by atoms with E-state index in [0.717, 1.165) is 25.7 Å². The van der Waals surface area contributed by atoms with Crippen molar-refractivity contribution in [3.63, 3.8) is 0 Å². The molecule has 0 aromatic carbocycles. The molecule has 134 valence electrons. The van der Waals surface area contributed by atoms with Gasteiger partial charge in [0.15, 0.2) is 5.78 Å². The lowest BCUT2D eigenvalue weighted by Crippen LogP contribution is -2.39. The summed E-state index contributed by atoms with van der Waals surface area (Å²) in [5.74, 6) is -0.0815. The second kappa shape index (κ2) is 9.61. The molecular weight excluding hydrogens is 300 g/mol. The Kier molecular flexibility index (Phi) is 8.17. The van der Waals surface area contributed by atoms with Crippen LogP contribution in [0, 0.1) is 11.3 Å². The van der Waals surface area contributed by atoms with Gasteiger partial charge in [-0.3, -0.25) is 9.59 Å². The Hall–Kier alpha value is -1.64. The molecule has 2 unspecified atom stereocenters. The van der Waals surface area contributed by atoms with Gasteiger partial charge in [-0.05, 0) is 65.0 Å². The van der Waals surface area contributed by atoms with E-state index >= 15 is 0 Å². The fourth-order valence-electron chi connectivity index (χ4n) is 3.02. The smallest absolute Gasteiger partial charge is 0.316 e. The minimum absolute atomic E-state index is 0.0373. The first-order chi connectivity index (χ1) is 11.3. The first kappa shape index (κ1) is 20.4. The van der Waals surface area contributed by atoms with Crippen LogP contribution in [0.3, 0.4) is 0 Å². The predicted octanol–water partition coefficient (Wildman–Crippen LogP) is 5.17. The molecule has 0 saturated carbocycles. The van der Waals surface area contributed by atoms with Gasteiger partial charge >= 0.3 is 5.97 Å². The summed E-state index contributed by atoms with van der Waals surface area (Å²) in [7, 11) is 0. The van der Waals surface area contributed by atoms with Crippen molar-refractivity contribution >= 4 is 11.8 Å². The number of rotatable bonds is 8. The van der Waals surface area contributed by atoms with Gasteiger partial charge in [-0.1, -0.05) is 36.6 Å². The van der Waals surface area contributed by atoms with Crippen molar-refractivity contribution in [3.05, 3.63) is 35.5 Å². The maximum Gasteiger partial charge on any atom is 0.316 e. The lowest BCUT2D eigenvalue weighted by Gasteiger charge is -2.34. The SMILES string of the molecule is CCCC1CC(=O)C=CC1(C)C(=O)OCC=C(C)CCC=C(C)C. The van der Waals surface area contributed by atoms with Crippen LogP contribution in [-0.2, 0) is 14.3 Å². The summed E-state index contributed by atoms with van der Waals surface area (Å²) in [6, 6.07) is 0. The molecule has 0 aromatic heterocycles. The van der Waals surface area contributed by atoms with E-state index in [1.54, 1.807) is 6.08 Å². The van der Waals surface area contributed by atoms with Crippen LogP contribution in [0.15, 0.2) is 35.5 Å². The number of ketones is 1. The number of carbonyl (C=O) groups is 2. The molecule has 0 fully saturated rings. The third kappa shape index (κ3) is 6.10. The summed E-state index contributed by atoms with van der Waals surface area (Å²) in [5, 5.41) is 0. The normalized spacial score (nSPS) is 24.0. The van der Waals surface area contributed by atoms with E-state index < -0.39 is 5.41 Å². The van der Waals surface area contributed by atoms with E-state index in [1.165, 1.54) is 17.2 Å². The van der Waals surface area contributed by atoms with Crippen molar-refractivity contribution in [1.29, 1.82) is 0 Å². The minimum Gasteiger partial charge on any atom is -0.461 e. The van der Waals surface area contributed by atoms with Crippen LogP contribution in [-0.4, -0.2) is 18.4 Å². The number of hydrogen-bond donors (Lipinski definition) is 0. The molecule has 0 radical (unpaired) electrons. The maximum absolute atomic E-state index is 12.6. The monoisotopic (exact) mass is 332 g/mol. The second-order valence-electron chi connectivity index (χ2n) is 7.24. The first-order valence-electron chi connectivity index (χ1n) is 8.97. The van der Waals surface area contributed by atoms with Gasteiger partial charge in [0.25, 0.3) is 0 Å². The molecule has 0 aliphatic heterocycles. The van der Waals surface area contributed by atoms with Gasteiger partial charge < -0.3 is 4.74 Å². The third-order valence-electron chi connectivity index (χ3n) is 4.73. The van der Waals surface area contributed by atoms with Gasteiger partial charge in [0, 0.05) is 6.42 Å². The Morgan fingerprint density at radius 3 is 2.67 bits per heavy atom. The number of esters is 1. The molecule has 3 nitrogen and oxygen atoms in total. The van der Waals surface area contributed by atoms with Crippen molar-refractivity contribution in [3.8, 4) is 0 Å². The van der Waals surface area contributed by atoms with Gasteiger partial charge in [0.1, 0.15) is 6.61 Å². The Bertz CT molecular complexity index is 535. The van der Waals surface area contributed by atoms with Crippen molar-refractivity contribution in [2.45, 2.75) is 66.7 Å². The van der Waals surface area contributed by atoms with Gasteiger partial charge in [-0.15, -0.1) is 0 Å². The summed E-state index contributed by atoms with van der Waals surface area (Å²) < 4.78 is 5.50. The molecule has 1 aliphatic rings. The zero-order valence-corrected chi connectivity index (χ0v) is 15.9. The molecule has 0 saturated heterocycles. The maximum atomic E-state index is 12.6. The topological polar surface area (TPSA) is 43.4 Å². The van der Waals surface area contributed by atoms with E-state index in [4.69, 9.17) is 4.74 Å². The molecule has 1 rings (SSSR count). The quantitative estimate of drug-likeness (QED) is 0.455. The molecule has 3 heteroatoms. The van der Waals surface area contributed by atoms with Gasteiger partial charge in [-0.25, -0.2) is 0 Å². The van der Waals surface area contributed by atoms with Crippen LogP contribution in [0.1, 0.15) is 66.7 Å². The zero-order chi connectivity index (χ0) is 18.2. The summed E-state index contributed by atoms with van der Waals surface area (Å²) in [5.41, 5.74) is 1.86. The van der Waals surface area contributed by atoms with Gasteiger partial charge in [-0.2, -0.15) is 0 Å². The average molecular weight is 332 g/mol. The zero-order valence-electron chi connectivity index (χ0n) is 15.9. The molecule has 1 aliphatic carbocycles. The highest BCUT2D eigenvalue weighted by Crippen LogP contribution is 2.39. The molecule has 2 atom stereocenters. The summed E-state index contributed by atoms with van der Waals surface area (Å²) in [6.07, 6.45) is 11.7. The summed E-state index contributed by atoms with van der Waals surface area (Å²) in [4.78, 5) is 24.2. The number of allylic oxidation sites excluding steroid dienone is 4. The number of carbonyl (C=O) groups excluding carboxylic acids is 2. The fourth-order valence-corrected chi connectivity index (χ4v) is 3.02. The highest BCUT2D eigenvalue weighted by molar-refractivity contribution is 5.94. The Labute approximate surface area is 146 Å². The highest BCUT2D eigenvalue weighted by Gasteiger charge is 2.42. The largest absolute Gasteiger partial charge is 0.461 e. The van der Waals surface area contributed by atoms with Crippen LogP contribution in [0.4, 0.5) is 0 Å². The van der Waals surface area contributed by atoms with Crippen molar-refractivity contribution in [1.82, 2.24) is 0 Å². The average Bonchev–Trinajstić information content (AvgIpc) is 2.51. The fraction of sp³-hybridized carbons (Fsp3) is 0.619. The molecule has 0 N–H and O–H groups in total. The molecule has 0 amide bonds. The van der Waals surface area contributed by atoms with Gasteiger partial charge in [0.2, 0.25) is 0 Å². The van der Waals surface area contributed by atoms with Crippen molar-refractivity contribution in [2.75, 3.05) is 6.61 Å². The molecule has 0 bridgehead atoms. The van der Waals surface area contributed by atoms with Crippen LogP contribution in [0.5, 0.6) is 0 Å². The second-order valence-corrected chi connectivity index (χ2v) is 7.24. The van der Waals surface area contributed by atoms with Crippen LogP contribution < -0.4 is 0 Å². The molecule has 0 aromatic rings. The Morgan fingerprint density at radius 1 is 1.33 bits per heavy atom. The summed E-state index contributed by atoms with van der Waals surface area (Å²) >= 11 is 0. The van der Waals surface area contributed by atoms with Gasteiger partial charge in [0.05, 0.1) is 5.41 Å². The van der Waals surface area contributed by atoms with E-state index in [0.29, 0.717) is 13.0 Å². The third-order valence-corrected chi connectivity index (χ3v) is 4.73. The lowest BCUT2D eigenvalue weighted by atomic mass is 9.69. The molecule has 24 heavy (non-hydrogen) atoms. The Morgan fingerprint density at radius 2 is 2.04 bits per heavy atom. The molecule has 0 spiro atoms. The van der Waals surface area contributed by atoms with Crippen LogP contribution in [0.25, 0.3) is 0 Å². The van der Waals surface area contributed by atoms with Crippen LogP contribution in [0.2, 0.25) is 0 Å². The lowest BCUT2D eigenvalue weighted by molar-refractivity contribution is -0.154. The number of hydrogen-bond acceptors (Lipinski definition) is 3. The van der Waals surface area contributed by atoms with E-state index in [9.17, 15) is 9.59 Å². The van der Waals surface area contributed by atoms with E-state index in [-0.39, 0.29) is 17.7 Å². The Balaban J connectivity index is 2.60. The van der Waals surface area contributed by atoms with Crippen molar-refractivity contribution < 1.29 is 14.3 Å². The van der Waals surface area contributed by atoms with Crippen molar-refractivity contribution in [2.24, 2.45) is 11.3 Å². The summed E-state index contributed by atoms with van der Waals surface area (Å²) in [6.45, 7) is 10.5.